The monoisotopic (exact) mass is 260 g/mol. The number of benzene rings is 1. The molecular weight excluding hydrogens is 244 g/mol. The molecular formula is C14H16N2OS. The molecule has 3 nitrogen and oxygen atoms in total. The zero-order valence-electron chi connectivity index (χ0n) is 10.4. The Kier molecular flexibility index (Phi) is 3.04. The number of fused-ring (bicyclic) bond motifs is 1. The molecule has 1 saturated heterocycles. The number of hydrogen-bond acceptors (Lipinski definition) is 3. The maximum absolute atomic E-state index is 11.2. The molecule has 1 fully saturated rings. The van der Waals surface area contributed by atoms with Crippen LogP contribution in [0.25, 0.3) is 10.2 Å². The first-order chi connectivity index (χ1) is 8.78. The first kappa shape index (κ1) is 11.7. The van der Waals surface area contributed by atoms with Crippen LogP contribution in [0.5, 0.6) is 0 Å². The predicted octanol–water partition coefficient (Wildman–Crippen LogP) is 3.23. The molecule has 1 unspecified atom stereocenters. The topological polar surface area (TPSA) is 33.2 Å². The Labute approximate surface area is 110 Å². The Morgan fingerprint density at radius 1 is 1.44 bits per heavy atom. The molecule has 3 rings (SSSR count). The van der Waals surface area contributed by atoms with E-state index in [2.05, 4.69) is 30.1 Å². The molecule has 4 heteroatoms. The van der Waals surface area contributed by atoms with E-state index in [-0.39, 0.29) is 6.04 Å². The Morgan fingerprint density at radius 3 is 3.17 bits per heavy atom. The summed E-state index contributed by atoms with van der Waals surface area (Å²) in [5, 5.41) is 0. The highest BCUT2D eigenvalue weighted by atomic mass is 32.1. The van der Waals surface area contributed by atoms with Crippen molar-refractivity contribution in [1.29, 1.82) is 0 Å². The summed E-state index contributed by atoms with van der Waals surface area (Å²) in [6.07, 6.45) is 3.23. The fourth-order valence-electron chi connectivity index (χ4n) is 2.74. The number of likely N-dealkylation sites (tertiary alicyclic amines) is 1. The number of rotatable bonds is 2. The van der Waals surface area contributed by atoms with Crippen LogP contribution in [0, 0.1) is 5.92 Å². The molecule has 1 aromatic carbocycles. The van der Waals surface area contributed by atoms with E-state index < -0.39 is 0 Å². The van der Waals surface area contributed by atoms with Crippen LogP contribution in [0.3, 0.4) is 0 Å². The van der Waals surface area contributed by atoms with Gasteiger partial charge in [0.15, 0.2) is 0 Å². The smallest absolute Gasteiger partial charge is 0.210 e. The first-order valence-corrected chi connectivity index (χ1v) is 7.20. The van der Waals surface area contributed by atoms with Crippen molar-refractivity contribution in [3.8, 4) is 0 Å². The summed E-state index contributed by atoms with van der Waals surface area (Å²) in [5.41, 5.74) is 4.13. The molecule has 0 aliphatic carbocycles. The van der Waals surface area contributed by atoms with Crippen LogP contribution < -0.4 is 0 Å². The van der Waals surface area contributed by atoms with Gasteiger partial charge in [-0.05, 0) is 36.5 Å². The maximum atomic E-state index is 11.2. The third kappa shape index (κ3) is 2.01. The fourth-order valence-corrected chi connectivity index (χ4v) is 3.40. The lowest BCUT2D eigenvalue weighted by molar-refractivity contribution is -0.122. The van der Waals surface area contributed by atoms with E-state index in [1.54, 1.807) is 11.3 Å². The molecule has 1 aliphatic heterocycles. The molecule has 1 aromatic heterocycles. The minimum atomic E-state index is 0.227. The number of aromatic nitrogens is 1. The predicted molar refractivity (Wildman–Crippen MR) is 73.5 cm³/mol. The van der Waals surface area contributed by atoms with E-state index in [0.717, 1.165) is 24.9 Å². The van der Waals surface area contributed by atoms with E-state index in [4.69, 9.17) is 0 Å². The van der Waals surface area contributed by atoms with Crippen LogP contribution in [0.2, 0.25) is 0 Å². The molecule has 2 heterocycles. The van der Waals surface area contributed by atoms with Crippen LogP contribution in [-0.4, -0.2) is 22.8 Å². The summed E-state index contributed by atoms with van der Waals surface area (Å²) in [6, 6.07) is 6.61. The molecule has 0 spiro atoms. The van der Waals surface area contributed by atoms with Crippen molar-refractivity contribution >= 4 is 28.0 Å². The van der Waals surface area contributed by atoms with E-state index in [9.17, 15) is 4.79 Å². The average Bonchev–Trinajstić information content (AvgIpc) is 2.85. The summed E-state index contributed by atoms with van der Waals surface area (Å²) in [4.78, 5) is 17.5. The van der Waals surface area contributed by atoms with Crippen molar-refractivity contribution < 1.29 is 4.79 Å². The average molecular weight is 260 g/mol. The second-order valence-electron chi connectivity index (χ2n) is 5.08. The maximum Gasteiger partial charge on any atom is 0.210 e. The van der Waals surface area contributed by atoms with E-state index in [1.165, 1.54) is 16.7 Å². The summed E-state index contributed by atoms with van der Waals surface area (Å²) in [7, 11) is 0. The van der Waals surface area contributed by atoms with Gasteiger partial charge in [0.25, 0.3) is 0 Å². The van der Waals surface area contributed by atoms with Gasteiger partial charge in [0, 0.05) is 6.54 Å². The largest absolute Gasteiger partial charge is 0.338 e. The third-order valence-corrected chi connectivity index (χ3v) is 4.54. The van der Waals surface area contributed by atoms with Crippen LogP contribution in [0.1, 0.15) is 31.4 Å². The lowest BCUT2D eigenvalue weighted by atomic mass is 9.90. The van der Waals surface area contributed by atoms with Crippen LogP contribution in [0.15, 0.2) is 23.7 Å². The van der Waals surface area contributed by atoms with Crippen LogP contribution in [-0.2, 0) is 4.79 Å². The van der Waals surface area contributed by atoms with Gasteiger partial charge in [-0.1, -0.05) is 13.0 Å². The van der Waals surface area contributed by atoms with Gasteiger partial charge in [-0.25, -0.2) is 4.98 Å². The normalized spacial score (nSPS) is 24.4. The third-order valence-electron chi connectivity index (χ3n) is 3.73. The van der Waals surface area contributed by atoms with Gasteiger partial charge in [-0.15, -0.1) is 11.3 Å². The van der Waals surface area contributed by atoms with Gasteiger partial charge in [0.2, 0.25) is 6.41 Å². The van der Waals surface area contributed by atoms with Crippen molar-refractivity contribution in [1.82, 2.24) is 9.88 Å². The Balaban J connectivity index is 1.94. The summed E-state index contributed by atoms with van der Waals surface area (Å²) < 4.78 is 1.21. The van der Waals surface area contributed by atoms with Gasteiger partial charge in [-0.2, -0.15) is 0 Å². The minimum absolute atomic E-state index is 0.227. The van der Waals surface area contributed by atoms with Gasteiger partial charge in [-0.3, -0.25) is 4.79 Å². The second-order valence-corrected chi connectivity index (χ2v) is 5.97. The quantitative estimate of drug-likeness (QED) is 0.777. The van der Waals surface area contributed by atoms with Crippen molar-refractivity contribution in [2.45, 2.75) is 25.8 Å². The number of thiazole rings is 1. The van der Waals surface area contributed by atoms with Gasteiger partial charge in [0.05, 0.1) is 21.8 Å². The van der Waals surface area contributed by atoms with E-state index in [1.807, 2.05) is 10.4 Å². The molecule has 0 saturated carbocycles. The van der Waals surface area contributed by atoms with E-state index in [0.29, 0.717) is 5.92 Å². The van der Waals surface area contributed by atoms with Crippen LogP contribution >= 0.6 is 11.3 Å². The number of hydrogen-bond donors (Lipinski definition) is 0. The fraction of sp³-hybridized carbons (Fsp3) is 0.429. The highest BCUT2D eigenvalue weighted by Crippen LogP contribution is 2.33. The molecule has 1 amide bonds. The zero-order valence-corrected chi connectivity index (χ0v) is 11.2. The number of amides is 1. The van der Waals surface area contributed by atoms with E-state index >= 15 is 0 Å². The van der Waals surface area contributed by atoms with Crippen molar-refractivity contribution in [3.05, 3.63) is 29.3 Å². The Morgan fingerprint density at radius 2 is 2.33 bits per heavy atom. The second kappa shape index (κ2) is 4.69. The molecule has 0 N–H and O–H groups in total. The van der Waals surface area contributed by atoms with Crippen molar-refractivity contribution in [2.24, 2.45) is 5.92 Å². The summed E-state index contributed by atoms with van der Waals surface area (Å²) >= 11 is 1.66. The molecule has 1 aliphatic rings. The molecule has 94 valence electrons. The SMILES string of the molecule is CC1CC[C@H](c2ccc3scnc3c2)N(C=O)C1. The van der Waals surface area contributed by atoms with Crippen molar-refractivity contribution in [3.63, 3.8) is 0 Å². The lowest BCUT2D eigenvalue weighted by Crippen LogP contribution is -2.36. The van der Waals surface area contributed by atoms with Gasteiger partial charge >= 0.3 is 0 Å². The molecule has 18 heavy (non-hydrogen) atoms. The molecule has 2 aromatic rings. The number of nitrogens with zero attached hydrogens (tertiary/aromatic N) is 2. The molecule has 0 bridgehead atoms. The lowest BCUT2D eigenvalue weighted by Gasteiger charge is -2.36. The number of piperidine rings is 1. The molecule has 2 atom stereocenters. The van der Waals surface area contributed by atoms with Gasteiger partial charge < -0.3 is 4.90 Å². The van der Waals surface area contributed by atoms with Crippen LogP contribution in [0.4, 0.5) is 0 Å². The Bertz CT molecular complexity index is 566. The first-order valence-electron chi connectivity index (χ1n) is 6.32. The molecule has 0 radical (unpaired) electrons. The van der Waals surface area contributed by atoms with Gasteiger partial charge in [0.1, 0.15) is 0 Å². The Hall–Kier alpha value is -1.42. The number of carbonyl (C=O) groups excluding carboxylic acids is 1. The summed E-state index contributed by atoms with van der Waals surface area (Å²) in [5.74, 6) is 0.606. The highest BCUT2D eigenvalue weighted by molar-refractivity contribution is 7.16. The summed E-state index contributed by atoms with van der Waals surface area (Å²) in [6.45, 7) is 3.07. The highest BCUT2D eigenvalue weighted by Gasteiger charge is 2.26. The standard InChI is InChI=1S/C14H16N2OS/c1-10-2-4-13(16(7-10)9-17)11-3-5-14-12(6-11)15-8-18-14/h3,5-6,8-10,13H,2,4,7H2,1H3/t10?,13-/m1/s1. The zero-order chi connectivity index (χ0) is 12.5. The minimum Gasteiger partial charge on any atom is -0.338 e. The van der Waals surface area contributed by atoms with Crippen molar-refractivity contribution in [2.75, 3.05) is 6.54 Å². The number of carbonyl (C=O) groups is 1.